The van der Waals surface area contributed by atoms with Crippen LogP contribution in [0, 0.1) is 16.7 Å². The fraction of sp³-hybridized carbons (Fsp3) is 0.875. The zero-order valence-corrected chi connectivity index (χ0v) is 17.6. The van der Waals surface area contributed by atoms with Crippen LogP contribution in [0.15, 0.2) is 0 Å². The molecule has 1 saturated carbocycles. The standard InChI is InChI=1S/C16H32O4Si2/c1-15(2)12(13(17)19-21(4,5)6)10-11-16(15,3)14(18)20-22(7,8)9/h12H,10-11H2,1-9H3/t12-,16+/m0/s1. The number of hydrogen-bond acceptors (Lipinski definition) is 4. The predicted molar refractivity (Wildman–Crippen MR) is 93.5 cm³/mol. The van der Waals surface area contributed by atoms with Crippen LogP contribution in [-0.2, 0) is 18.4 Å². The van der Waals surface area contributed by atoms with E-state index in [1.54, 1.807) is 0 Å². The maximum atomic E-state index is 12.7. The van der Waals surface area contributed by atoms with Gasteiger partial charge in [-0.15, -0.1) is 0 Å². The van der Waals surface area contributed by atoms with Crippen molar-refractivity contribution in [2.24, 2.45) is 16.7 Å². The molecule has 0 aromatic heterocycles. The molecule has 0 aromatic rings. The van der Waals surface area contributed by atoms with E-state index in [9.17, 15) is 9.59 Å². The predicted octanol–water partition coefficient (Wildman–Crippen LogP) is 4.19. The van der Waals surface area contributed by atoms with Gasteiger partial charge in [0.2, 0.25) is 16.6 Å². The molecule has 0 spiro atoms. The summed E-state index contributed by atoms with van der Waals surface area (Å²) in [6.45, 7) is 18.0. The van der Waals surface area contributed by atoms with Crippen molar-refractivity contribution in [3.8, 4) is 0 Å². The third-order valence-electron chi connectivity index (χ3n) is 4.77. The molecule has 0 N–H and O–H groups in total. The summed E-state index contributed by atoms with van der Waals surface area (Å²) in [4.78, 5) is 25.3. The van der Waals surface area contributed by atoms with Gasteiger partial charge in [0.05, 0.1) is 11.3 Å². The van der Waals surface area contributed by atoms with Gasteiger partial charge < -0.3 is 8.85 Å². The Morgan fingerprint density at radius 1 is 0.909 bits per heavy atom. The Hall–Kier alpha value is -0.626. The van der Waals surface area contributed by atoms with Crippen LogP contribution in [0.4, 0.5) is 0 Å². The summed E-state index contributed by atoms with van der Waals surface area (Å²) in [6.07, 6.45) is 1.36. The van der Waals surface area contributed by atoms with E-state index in [1.807, 2.05) is 60.1 Å². The molecule has 1 aliphatic carbocycles. The molecule has 0 radical (unpaired) electrons. The molecule has 0 aliphatic heterocycles. The third-order valence-corrected chi connectivity index (χ3v) is 6.38. The van der Waals surface area contributed by atoms with E-state index in [1.165, 1.54) is 0 Å². The van der Waals surface area contributed by atoms with Gasteiger partial charge in [-0.1, -0.05) is 13.8 Å². The highest BCUT2D eigenvalue weighted by Gasteiger charge is 2.60. The Bertz CT molecular complexity index is 460. The Balaban J connectivity index is 2.99. The molecule has 0 amide bonds. The second kappa shape index (κ2) is 5.78. The van der Waals surface area contributed by atoms with Crippen LogP contribution in [0.1, 0.15) is 33.6 Å². The second-order valence-corrected chi connectivity index (χ2v) is 18.0. The molecule has 1 rings (SSSR count). The smallest absolute Gasteiger partial charge is 0.299 e. The number of carbonyl (C=O) groups is 2. The van der Waals surface area contributed by atoms with Crippen LogP contribution in [0.3, 0.4) is 0 Å². The normalized spacial score (nSPS) is 28.3. The Labute approximate surface area is 137 Å². The van der Waals surface area contributed by atoms with Crippen LogP contribution in [0.5, 0.6) is 0 Å². The first-order chi connectivity index (χ1) is 9.60. The molecule has 0 unspecified atom stereocenters. The maximum absolute atomic E-state index is 12.7. The van der Waals surface area contributed by atoms with Crippen LogP contribution in [0.25, 0.3) is 0 Å². The highest BCUT2D eigenvalue weighted by Crippen LogP contribution is 2.57. The van der Waals surface area contributed by atoms with Gasteiger partial charge in [0.1, 0.15) is 0 Å². The van der Waals surface area contributed by atoms with E-state index in [0.29, 0.717) is 12.8 Å². The Morgan fingerprint density at radius 2 is 1.36 bits per heavy atom. The summed E-state index contributed by atoms with van der Waals surface area (Å²) in [5.41, 5.74) is -1.09. The first kappa shape index (κ1) is 19.4. The highest BCUT2D eigenvalue weighted by atomic mass is 28.4. The zero-order valence-electron chi connectivity index (χ0n) is 15.6. The molecule has 128 valence electrons. The van der Waals surface area contributed by atoms with E-state index in [0.717, 1.165) is 0 Å². The minimum atomic E-state index is -1.94. The van der Waals surface area contributed by atoms with E-state index in [-0.39, 0.29) is 17.9 Å². The molecule has 0 bridgehead atoms. The summed E-state index contributed by atoms with van der Waals surface area (Å²) >= 11 is 0. The molecular weight excluding hydrogens is 312 g/mol. The quantitative estimate of drug-likeness (QED) is 0.718. The lowest BCUT2D eigenvalue weighted by molar-refractivity contribution is -0.155. The van der Waals surface area contributed by atoms with Crippen molar-refractivity contribution in [2.75, 3.05) is 0 Å². The van der Waals surface area contributed by atoms with Crippen LogP contribution in [0.2, 0.25) is 39.3 Å². The molecule has 4 nitrogen and oxygen atoms in total. The summed E-state index contributed by atoms with van der Waals surface area (Å²) in [6, 6.07) is 0. The molecule has 1 aliphatic rings. The average Bonchev–Trinajstić information content (AvgIpc) is 2.46. The molecule has 2 atom stereocenters. The Kier molecular flexibility index (Phi) is 5.10. The van der Waals surface area contributed by atoms with Crippen molar-refractivity contribution in [1.29, 1.82) is 0 Å². The van der Waals surface area contributed by atoms with Gasteiger partial charge in [-0.3, -0.25) is 9.59 Å². The minimum absolute atomic E-state index is 0.145. The minimum Gasteiger partial charge on any atom is -0.520 e. The molecule has 1 fully saturated rings. The molecule has 0 heterocycles. The first-order valence-electron chi connectivity index (χ1n) is 8.06. The molecule has 0 aromatic carbocycles. The van der Waals surface area contributed by atoms with Gasteiger partial charge in [-0.25, -0.2) is 0 Å². The van der Waals surface area contributed by atoms with Crippen molar-refractivity contribution in [3.63, 3.8) is 0 Å². The van der Waals surface area contributed by atoms with Gasteiger partial charge in [0.15, 0.2) is 0 Å². The summed E-state index contributed by atoms with van der Waals surface area (Å²) < 4.78 is 11.4. The number of rotatable bonds is 4. The van der Waals surface area contributed by atoms with E-state index < -0.39 is 27.5 Å². The lowest BCUT2D eigenvalue weighted by Crippen LogP contribution is -2.47. The van der Waals surface area contributed by atoms with Gasteiger partial charge >= 0.3 is 0 Å². The van der Waals surface area contributed by atoms with Crippen molar-refractivity contribution < 1.29 is 18.4 Å². The van der Waals surface area contributed by atoms with Crippen LogP contribution >= 0.6 is 0 Å². The van der Waals surface area contributed by atoms with Crippen molar-refractivity contribution in [3.05, 3.63) is 0 Å². The first-order valence-corrected chi connectivity index (χ1v) is 14.9. The summed E-state index contributed by atoms with van der Waals surface area (Å²) in [5.74, 6) is -0.535. The van der Waals surface area contributed by atoms with Crippen LogP contribution < -0.4 is 0 Å². The Morgan fingerprint density at radius 3 is 1.77 bits per heavy atom. The van der Waals surface area contributed by atoms with Gasteiger partial charge in [-0.05, 0) is 64.5 Å². The lowest BCUT2D eigenvalue weighted by Gasteiger charge is -2.40. The van der Waals surface area contributed by atoms with Gasteiger partial charge in [-0.2, -0.15) is 0 Å². The number of carbonyl (C=O) groups excluding carboxylic acids is 2. The van der Waals surface area contributed by atoms with E-state index >= 15 is 0 Å². The fourth-order valence-corrected chi connectivity index (χ4v) is 4.57. The van der Waals surface area contributed by atoms with Crippen molar-refractivity contribution in [2.45, 2.75) is 72.9 Å². The monoisotopic (exact) mass is 344 g/mol. The molecule has 6 heteroatoms. The fourth-order valence-electron chi connectivity index (χ4n) is 3.04. The van der Waals surface area contributed by atoms with Gasteiger partial charge in [0, 0.05) is 0 Å². The SMILES string of the molecule is CC1(C)[C@H](C(=O)O[Si](C)(C)C)CC[C@]1(C)C(=O)O[Si](C)(C)C. The lowest BCUT2D eigenvalue weighted by atomic mass is 9.66. The molecular formula is C16H32O4Si2. The van der Waals surface area contributed by atoms with Crippen LogP contribution in [-0.4, -0.2) is 28.6 Å². The van der Waals surface area contributed by atoms with E-state index in [2.05, 4.69) is 0 Å². The topological polar surface area (TPSA) is 52.6 Å². The molecule has 22 heavy (non-hydrogen) atoms. The zero-order chi connectivity index (χ0) is 17.6. The van der Waals surface area contributed by atoms with Crippen molar-refractivity contribution >= 4 is 28.6 Å². The average molecular weight is 345 g/mol. The van der Waals surface area contributed by atoms with E-state index in [4.69, 9.17) is 8.85 Å². The summed E-state index contributed by atoms with van der Waals surface area (Å²) in [7, 11) is -3.86. The second-order valence-electron chi connectivity index (χ2n) is 9.18. The molecule has 0 saturated heterocycles. The maximum Gasteiger partial charge on any atom is 0.299 e. The number of hydrogen-bond donors (Lipinski definition) is 0. The third kappa shape index (κ3) is 4.01. The van der Waals surface area contributed by atoms with Crippen molar-refractivity contribution in [1.82, 2.24) is 0 Å². The van der Waals surface area contributed by atoms with Gasteiger partial charge in [0.25, 0.3) is 11.9 Å². The largest absolute Gasteiger partial charge is 0.520 e. The highest BCUT2D eigenvalue weighted by molar-refractivity contribution is 6.71. The summed E-state index contributed by atoms with van der Waals surface area (Å²) in [5, 5.41) is 0.